The highest BCUT2D eigenvalue weighted by Crippen LogP contribution is 2.57. The summed E-state index contributed by atoms with van der Waals surface area (Å²) in [5, 5.41) is 13.1. The van der Waals surface area contributed by atoms with Crippen molar-refractivity contribution in [3.8, 4) is 0 Å². The van der Waals surface area contributed by atoms with Gasteiger partial charge in [0.05, 0.1) is 12.1 Å². The zero-order chi connectivity index (χ0) is 25.9. The Kier molecular flexibility index (Phi) is 8.44. The minimum Gasteiger partial charge on any atom is -0.476 e. The maximum Gasteiger partial charge on any atom is 0.416 e. The van der Waals surface area contributed by atoms with Crippen LogP contribution in [0.25, 0.3) is 0 Å². The van der Waals surface area contributed by atoms with E-state index in [0.29, 0.717) is 17.4 Å². The number of rotatable bonds is 9. The molecule has 0 bridgehead atoms. The summed E-state index contributed by atoms with van der Waals surface area (Å²) >= 11 is 0. The number of alkyl halides is 3. The molecular weight excluding hydrogens is 457 g/mol. The second-order valence-electron chi connectivity index (χ2n) is 9.83. The largest absolute Gasteiger partial charge is 0.476 e. The average Bonchev–Trinajstić information content (AvgIpc) is 3.29. The monoisotopic (exact) mass is 492 g/mol. The average molecular weight is 493 g/mol. The van der Waals surface area contributed by atoms with Crippen molar-refractivity contribution in [2.24, 2.45) is 5.92 Å². The second-order valence-corrected chi connectivity index (χ2v) is 9.83. The minimum atomic E-state index is -4.25. The van der Waals surface area contributed by atoms with E-state index in [2.05, 4.69) is 18.9 Å². The van der Waals surface area contributed by atoms with Crippen LogP contribution in [0.2, 0.25) is 0 Å². The van der Waals surface area contributed by atoms with E-state index in [4.69, 9.17) is 5.11 Å². The molecule has 1 fully saturated rings. The van der Waals surface area contributed by atoms with Crippen molar-refractivity contribution in [1.29, 1.82) is 0 Å². The first-order chi connectivity index (χ1) is 16.5. The molecule has 5 nitrogen and oxygen atoms in total. The number of benzene rings is 1. The molecule has 192 valence electrons. The first kappa shape index (κ1) is 27.0. The van der Waals surface area contributed by atoms with Crippen LogP contribution in [0.3, 0.4) is 0 Å². The van der Waals surface area contributed by atoms with Gasteiger partial charge in [-0.05, 0) is 74.5 Å². The number of carbonyl (C=O) groups is 2. The molecule has 2 aliphatic carbocycles. The zero-order valence-corrected chi connectivity index (χ0v) is 20.9. The third-order valence-electron chi connectivity index (χ3n) is 7.09. The molecule has 1 saturated carbocycles. The van der Waals surface area contributed by atoms with Crippen LogP contribution in [0.15, 0.2) is 18.2 Å². The van der Waals surface area contributed by atoms with Crippen LogP contribution in [0.5, 0.6) is 0 Å². The molecule has 1 aromatic carbocycles. The van der Waals surface area contributed by atoms with Gasteiger partial charge in [0.2, 0.25) is 0 Å². The molecule has 0 amide bonds. The van der Waals surface area contributed by atoms with E-state index < -0.39 is 17.7 Å². The minimum absolute atomic E-state index is 0.00260. The Bertz CT molecular complexity index is 1070. The normalized spacial score (nSPS) is 18.8. The van der Waals surface area contributed by atoms with Crippen LogP contribution in [0.4, 0.5) is 13.2 Å². The number of ketones is 1. The smallest absolute Gasteiger partial charge is 0.416 e. The molecule has 0 radical (unpaired) electrons. The first-order valence-electron chi connectivity index (χ1n) is 12.5. The van der Waals surface area contributed by atoms with Crippen molar-refractivity contribution in [3.05, 3.63) is 51.8 Å². The highest BCUT2D eigenvalue weighted by molar-refractivity contribution is 5.88. The molecule has 2 aromatic rings. The fraction of sp³-hybridized carbons (Fsp3) is 0.593. The number of nitrogens with zero attached hydrogens (tertiary/aromatic N) is 2. The van der Waals surface area contributed by atoms with Gasteiger partial charge in [-0.2, -0.15) is 18.3 Å². The highest BCUT2D eigenvalue weighted by atomic mass is 19.4. The van der Waals surface area contributed by atoms with Gasteiger partial charge in [-0.15, -0.1) is 0 Å². The molecule has 2 aliphatic rings. The Morgan fingerprint density at radius 3 is 2.49 bits per heavy atom. The molecule has 8 heteroatoms. The van der Waals surface area contributed by atoms with E-state index >= 15 is 0 Å². The molecule has 0 aliphatic heterocycles. The molecule has 1 N–H and O–H groups in total. The predicted molar refractivity (Wildman–Crippen MR) is 128 cm³/mol. The number of hydrogen-bond acceptors (Lipinski definition) is 3. The predicted octanol–water partition coefficient (Wildman–Crippen LogP) is 6.92. The zero-order valence-electron chi connectivity index (χ0n) is 20.9. The Morgan fingerprint density at radius 2 is 1.91 bits per heavy atom. The van der Waals surface area contributed by atoms with Crippen LogP contribution in [0.1, 0.15) is 110 Å². The Hall–Kier alpha value is -2.64. The van der Waals surface area contributed by atoms with Gasteiger partial charge in [0.1, 0.15) is 0 Å². The van der Waals surface area contributed by atoms with E-state index in [0.717, 1.165) is 61.8 Å². The number of halogens is 3. The van der Waals surface area contributed by atoms with Crippen molar-refractivity contribution in [3.63, 3.8) is 0 Å². The van der Waals surface area contributed by atoms with Gasteiger partial charge in [-0.1, -0.05) is 45.2 Å². The van der Waals surface area contributed by atoms with E-state index in [1.807, 2.05) is 6.07 Å². The van der Waals surface area contributed by atoms with E-state index in [1.54, 1.807) is 17.7 Å². The summed E-state index contributed by atoms with van der Waals surface area (Å²) in [6.45, 7) is 7.48. The van der Waals surface area contributed by atoms with Crippen LogP contribution in [-0.4, -0.2) is 26.6 Å². The summed E-state index contributed by atoms with van der Waals surface area (Å²) in [6.07, 6.45) is 2.81. The van der Waals surface area contributed by atoms with Crippen molar-refractivity contribution < 1.29 is 27.9 Å². The van der Waals surface area contributed by atoms with Crippen molar-refractivity contribution in [1.82, 2.24) is 9.78 Å². The molecule has 1 aromatic heterocycles. The maximum atomic E-state index is 12.9. The van der Waals surface area contributed by atoms with Gasteiger partial charge in [0.15, 0.2) is 11.5 Å². The van der Waals surface area contributed by atoms with Crippen molar-refractivity contribution >= 4 is 11.8 Å². The molecule has 4 rings (SSSR count). The molecule has 3 unspecified atom stereocenters. The van der Waals surface area contributed by atoms with Gasteiger partial charge < -0.3 is 5.11 Å². The quantitative estimate of drug-likeness (QED) is 0.412. The summed E-state index contributed by atoms with van der Waals surface area (Å²) in [5.41, 5.74) is 2.81. The van der Waals surface area contributed by atoms with Gasteiger partial charge >= 0.3 is 12.1 Å². The first-order valence-corrected chi connectivity index (χ1v) is 12.5. The lowest BCUT2D eigenvalue weighted by molar-refractivity contribution is -0.138. The van der Waals surface area contributed by atoms with Gasteiger partial charge in [0, 0.05) is 11.3 Å². The van der Waals surface area contributed by atoms with E-state index in [9.17, 15) is 22.8 Å². The summed E-state index contributed by atoms with van der Waals surface area (Å²) in [5.74, 6) is 0.271. The number of Topliss-reactive ketones (excluding diaryl/α,β-unsaturated/α-hetero) is 1. The number of aromatic nitrogens is 2. The third-order valence-corrected chi connectivity index (χ3v) is 7.09. The Balaban J connectivity index is 0.000000197. The summed E-state index contributed by atoms with van der Waals surface area (Å²) < 4.78 is 40.4. The van der Waals surface area contributed by atoms with E-state index in [-0.39, 0.29) is 23.9 Å². The molecule has 0 spiro atoms. The Labute approximate surface area is 204 Å². The number of carbonyl (C=O) groups excluding carboxylic acids is 1. The number of hydrogen-bond donors (Lipinski definition) is 1. The fourth-order valence-corrected chi connectivity index (χ4v) is 5.35. The molecule has 3 atom stereocenters. The molecule has 1 heterocycles. The maximum absolute atomic E-state index is 12.9. The van der Waals surface area contributed by atoms with Gasteiger partial charge in [-0.25, -0.2) is 4.79 Å². The number of carboxylic acid groups (broad SMARTS) is 1. The van der Waals surface area contributed by atoms with Crippen LogP contribution in [-0.2, 0) is 23.9 Å². The third kappa shape index (κ3) is 6.14. The lowest BCUT2D eigenvalue weighted by atomic mass is 9.85. The molecule has 0 saturated heterocycles. The van der Waals surface area contributed by atoms with Crippen LogP contribution in [0, 0.1) is 12.8 Å². The number of fused-ring (bicyclic) bond motifs is 3. The summed E-state index contributed by atoms with van der Waals surface area (Å²) in [6, 6.07) is 4.59. The van der Waals surface area contributed by atoms with Crippen LogP contribution >= 0.6 is 0 Å². The van der Waals surface area contributed by atoms with Gasteiger partial charge in [-0.3, -0.25) is 9.48 Å². The second kappa shape index (κ2) is 11.0. The lowest BCUT2D eigenvalue weighted by Crippen LogP contribution is -2.12. The molecular formula is C27H35F3N2O3. The van der Waals surface area contributed by atoms with Gasteiger partial charge in [0.25, 0.3) is 0 Å². The summed E-state index contributed by atoms with van der Waals surface area (Å²) in [4.78, 5) is 22.1. The topological polar surface area (TPSA) is 72.2 Å². The number of unbranched alkanes of at least 4 members (excludes halogenated alkanes) is 1. The highest BCUT2D eigenvalue weighted by Gasteiger charge is 2.50. The lowest BCUT2D eigenvalue weighted by Gasteiger charge is -2.21. The van der Waals surface area contributed by atoms with Crippen molar-refractivity contribution in [2.75, 3.05) is 0 Å². The van der Waals surface area contributed by atoms with E-state index in [1.165, 1.54) is 13.0 Å². The SMILES string of the molecule is CC(=O)Cn1nc(C(=O)O)c2c1CC1CC21.CCCCC(CCC)c1cccc(C(F)(F)F)c1C. The molecule has 35 heavy (non-hydrogen) atoms. The fourth-order valence-electron chi connectivity index (χ4n) is 5.35. The standard InChI is InChI=1S/C16H23F3.C11H12N2O3/c1-4-6-9-13(8-5-2)14-10-7-11-15(12(14)3)16(17,18)19;1-5(14)4-13-8-3-6-2-7(6)9(8)10(12-13)11(15)16/h7,10-11,13H,4-6,8-9H2,1-3H3;6-7H,2-4H2,1H3,(H,15,16). The number of carboxylic acids is 1. The van der Waals surface area contributed by atoms with Crippen LogP contribution < -0.4 is 0 Å². The van der Waals surface area contributed by atoms with Crippen molar-refractivity contribution in [2.45, 2.75) is 97.2 Å². The summed E-state index contributed by atoms with van der Waals surface area (Å²) in [7, 11) is 0. The Morgan fingerprint density at radius 1 is 1.20 bits per heavy atom. The number of aromatic carboxylic acids is 1.